The average Bonchev–Trinajstić information content (AvgIpc) is 3.81. The van der Waals surface area contributed by atoms with E-state index >= 15 is 0 Å². The SMILES string of the molecule is CC(C)c1cc2c3c(c1)-c1cc(-c4ccccc4)c4cc5c6c(cc(-c7ccccc7)c7cc(c1c4c76)B3c1ccccc1-2)-c1cc(C(C)C)cc2c1B5c1ccccc1-2. The molecule has 0 N–H and O–H groups in total. The first-order valence-electron chi connectivity index (χ1n) is 22.0. The van der Waals surface area contributed by atoms with Crippen LogP contribution in [0.5, 0.6) is 0 Å². The lowest BCUT2D eigenvalue weighted by Gasteiger charge is -2.33. The second kappa shape index (κ2) is 11.6. The second-order valence-electron chi connectivity index (χ2n) is 18.6. The predicted octanol–water partition coefficient (Wildman–Crippen LogP) is 11.1. The van der Waals surface area contributed by atoms with Crippen LogP contribution in [0, 0.1) is 0 Å². The Morgan fingerprint density at radius 2 is 0.667 bits per heavy atom. The molecule has 0 radical (unpaired) electrons. The standard InChI is InChI=1S/C58H40B2/c1-31(2)35-23-45-37-19-11-13-21-49(37)59-51-29-44-40(34-17-9-6-10-18-34)28-42-48-26-36(32(3)4)24-46-38-20-12-14-22-50(38)60(58(46)48)52-30-43-39(33-15-7-5-8-16-33)27-41(47(25-35)57(45)59)53(51)55(43)56(44)54(42)52/h5-32H,1-4H3. The number of benzene rings is 10. The normalized spacial score (nSPS) is 13.6. The number of hydrogen-bond acceptors (Lipinski definition) is 0. The summed E-state index contributed by atoms with van der Waals surface area (Å²) in [4.78, 5) is 0. The molecule has 0 fully saturated rings. The van der Waals surface area contributed by atoms with Crippen molar-refractivity contribution in [3.63, 3.8) is 0 Å². The Bertz CT molecular complexity index is 3300. The molecule has 4 aliphatic heterocycles. The molecule has 0 aliphatic carbocycles. The Kier molecular flexibility index (Phi) is 6.40. The van der Waals surface area contributed by atoms with E-state index in [1.165, 1.54) is 143 Å². The first-order chi connectivity index (χ1) is 29.4. The van der Waals surface area contributed by atoms with Crippen LogP contribution >= 0.6 is 0 Å². The Morgan fingerprint density at radius 1 is 0.300 bits per heavy atom. The van der Waals surface area contributed by atoms with Crippen LogP contribution in [0.4, 0.5) is 0 Å². The van der Waals surface area contributed by atoms with E-state index in [0.717, 1.165) is 0 Å². The van der Waals surface area contributed by atoms with Gasteiger partial charge < -0.3 is 0 Å². The van der Waals surface area contributed by atoms with Gasteiger partial charge in [-0.3, -0.25) is 0 Å². The van der Waals surface area contributed by atoms with E-state index in [0.29, 0.717) is 11.8 Å². The van der Waals surface area contributed by atoms with Gasteiger partial charge in [0.1, 0.15) is 0 Å². The van der Waals surface area contributed by atoms with Crippen LogP contribution in [0.1, 0.15) is 50.7 Å². The van der Waals surface area contributed by atoms with Gasteiger partial charge in [-0.25, -0.2) is 0 Å². The van der Waals surface area contributed by atoms with Gasteiger partial charge in [0, 0.05) is 0 Å². The minimum atomic E-state index is 0.170. The van der Waals surface area contributed by atoms with Gasteiger partial charge in [-0.1, -0.05) is 206 Å². The Morgan fingerprint density at radius 3 is 1.07 bits per heavy atom. The van der Waals surface area contributed by atoms with Crippen LogP contribution in [-0.4, -0.2) is 13.4 Å². The minimum absolute atomic E-state index is 0.170. The van der Waals surface area contributed by atoms with Crippen LogP contribution < -0.4 is 32.8 Å². The maximum absolute atomic E-state index is 2.66. The Labute approximate surface area is 352 Å². The van der Waals surface area contributed by atoms with Gasteiger partial charge in [0.2, 0.25) is 13.4 Å². The van der Waals surface area contributed by atoms with E-state index in [2.05, 4.69) is 185 Å². The topological polar surface area (TPSA) is 0 Å². The highest BCUT2D eigenvalue weighted by atomic mass is 14.3. The molecule has 0 unspecified atom stereocenters. The zero-order valence-electron chi connectivity index (χ0n) is 34.3. The largest absolute Gasteiger partial charge is 0.244 e. The maximum atomic E-state index is 2.66. The summed E-state index contributed by atoms with van der Waals surface area (Å²) in [6, 6.07) is 61.7. The fourth-order valence-corrected chi connectivity index (χ4v) is 12.3. The summed E-state index contributed by atoms with van der Waals surface area (Å²) in [5.41, 5.74) is 28.0. The molecule has 10 aromatic carbocycles. The number of hydrogen-bond donors (Lipinski definition) is 0. The third-order valence-electron chi connectivity index (χ3n) is 15.0. The molecule has 0 aromatic heterocycles. The minimum Gasteiger partial charge on any atom is -0.0664 e. The molecule has 60 heavy (non-hydrogen) atoms. The molecule has 0 saturated heterocycles. The van der Waals surface area contributed by atoms with Crippen molar-refractivity contribution in [2.75, 3.05) is 0 Å². The lowest BCUT2D eigenvalue weighted by Crippen LogP contribution is -2.53. The van der Waals surface area contributed by atoms with E-state index < -0.39 is 0 Å². The lowest BCUT2D eigenvalue weighted by atomic mass is 9.34. The highest BCUT2D eigenvalue weighted by Crippen LogP contribution is 2.51. The fourth-order valence-electron chi connectivity index (χ4n) is 12.3. The molecule has 278 valence electrons. The van der Waals surface area contributed by atoms with E-state index in [-0.39, 0.29) is 13.4 Å². The zero-order valence-corrected chi connectivity index (χ0v) is 34.3. The fraction of sp³-hybridized carbons (Fsp3) is 0.103. The third-order valence-corrected chi connectivity index (χ3v) is 15.0. The van der Waals surface area contributed by atoms with E-state index in [4.69, 9.17) is 0 Å². The molecule has 4 heterocycles. The quantitative estimate of drug-likeness (QED) is 0.124. The molecule has 14 rings (SSSR count). The smallest absolute Gasteiger partial charge is 0.0664 e. The van der Waals surface area contributed by atoms with E-state index in [1.807, 2.05) is 0 Å². The van der Waals surface area contributed by atoms with Crippen LogP contribution in [0.2, 0.25) is 0 Å². The molecule has 2 heteroatoms. The van der Waals surface area contributed by atoms with Crippen LogP contribution in [-0.2, 0) is 0 Å². The first-order valence-corrected chi connectivity index (χ1v) is 22.0. The van der Waals surface area contributed by atoms with Crippen LogP contribution in [0.15, 0.2) is 158 Å². The summed E-state index contributed by atoms with van der Waals surface area (Å²) in [7, 11) is 0. The number of fused-ring (bicyclic) bond motifs is 10. The third kappa shape index (κ3) is 4.05. The second-order valence-corrected chi connectivity index (χ2v) is 18.6. The molecule has 0 atom stereocenters. The molecule has 0 saturated carbocycles. The van der Waals surface area contributed by atoms with E-state index in [9.17, 15) is 0 Å². The van der Waals surface area contributed by atoms with Gasteiger partial charge in [-0.05, 0) is 134 Å². The van der Waals surface area contributed by atoms with Gasteiger partial charge in [0.05, 0.1) is 0 Å². The van der Waals surface area contributed by atoms with E-state index in [1.54, 1.807) is 0 Å². The molecular formula is C58H40B2. The summed E-state index contributed by atoms with van der Waals surface area (Å²) in [6.07, 6.45) is 0. The van der Waals surface area contributed by atoms with Crippen molar-refractivity contribution in [2.24, 2.45) is 0 Å². The zero-order chi connectivity index (χ0) is 39.7. The van der Waals surface area contributed by atoms with Crippen molar-refractivity contribution in [1.29, 1.82) is 0 Å². The molecule has 0 nitrogen and oxygen atoms in total. The summed E-state index contributed by atoms with van der Waals surface area (Å²) in [5.74, 6) is 0.831. The predicted molar refractivity (Wildman–Crippen MR) is 260 cm³/mol. The average molecular weight is 759 g/mol. The molecule has 10 aromatic rings. The van der Waals surface area contributed by atoms with Crippen molar-refractivity contribution >= 4 is 78.5 Å². The number of rotatable bonds is 4. The van der Waals surface area contributed by atoms with Gasteiger partial charge in [0.25, 0.3) is 0 Å². The molecule has 4 aliphatic rings. The molecule has 0 bridgehead atoms. The molecule has 0 spiro atoms. The van der Waals surface area contributed by atoms with Gasteiger partial charge in [0.15, 0.2) is 0 Å². The lowest BCUT2D eigenvalue weighted by molar-refractivity contribution is 0.868. The van der Waals surface area contributed by atoms with Crippen molar-refractivity contribution in [1.82, 2.24) is 0 Å². The molecule has 0 amide bonds. The van der Waals surface area contributed by atoms with Crippen molar-refractivity contribution < 1.29 is 0 Å². The Hall–Kier alpha value is -6.63. The first kappa shape index (κ1) is 33.2. The van der Waals surface area contributed by atoms with Gasteiger partial charge in [-0.15, -0.1) is 0 Å². The molecular weight excluding hydrogens is 718 g/mol. The Balaban J connectivity index is 1.25. The summed E-state index contributed by atoms with van der Waals surface area (Å²) in [6.45, 7) is 9.74. The summed E-state index contributed by atoms with van der Waals surface area (Å²) in [5, 5.41) is 8.48. The highest BCUT2D eigenvalue weighted by Gasteiger charge is 2.45. The summed E-state index contributed by atoms with van der Waals surface area (Å²) >= 11 is 0. The maximum Gasteiger partial charge on any atom is 0.244 e. The highest BCUT2D eigenvalue weighted by molar-refractivity contribution is 7.03. The van der Waals surface area contributed by atoms with Gasteiger partial charge >= 0.3 is 0 Å². The van der Waals surface area contributed by atoms with Crippen LogP contribution in [0.3, 0.4) is 0 Å². The summed E-state index contributed by atoms with van der Waals surface area (Å²) < 4.78 is 0. The van der Waals surface area contributed by atoms with Gasteiger partial charge in [-0.2, -0.15) is 0 Å². The van der Waals surface area contributed by atoms with Crippen molar-refractivity contribution in [2.45, 2.75) is 39.5 Å². The monoisotopic (exact) mass is 758 g/mol. The van der Waals surface area contributed by atoms with Crippen molar-refractivity contribution in [3.8, 4) is 66.8 Å². The van der Waals surface area contributed by atoms with Crippen LogP contribution in [0.25, 0.3) is 99.1 Å². The van der Waals surface area contributed by atoms with Crippen molar-refractivity contribution in [3.05, 3.63) is 169 Å².